The summed E-state index contributed by atoms with van der Waals surface area (Å²) in [5.74, 6) is -2.27. The van der Waals surface area contributed by atoms with Crippen LogP contribution in [0.25, 0.3) is 21.3 Å². The van der Waals surface area contributed by atoms with E-state index in [0.29, 0.717) is 84.3 Å². The Kier molecular flexibility index (Phi) is 12.5. The summed E-state index contributed by atoms with van der Waals surface area (Å²) in [4.78, 5) is 104. The molecule has 19 nitrogen and oxygen atoms in total. The summed E-state index contributed by atoms with van der Waals surface area (Å²) in [5.41, 5.74) is 5.37. The molecule has 7 aliphatic rings. The van der Waals surface area contributed by atoms with Crippen molar-refractivity contribution in [2.24, 2.45) is 22.7 Å². The lowest BCUT2D eigenvalue weighted by Crippen LogP contribution is -2.58. The standard InChI is InChI=1S/C56H56N10O9S/c1-31-38(35-12-14-44(61-47(35)52(72)73)64-19-16-34-6-4-7-36(39(34)28-64)48(68)63-54-60-40-9-2-3-11-43(40)76-54)27-59-65(31)30-55-23-32-22-33(24-55)26-56(25-32,29-55)53(74)58-18-21-75-20-17-57-41-10-5-8-37-46(41)51(71)66(50(37)70)42-13-15-45(67)62-49(42)69/h2-12,14,27,32-33,42,57H,13,15-26,28-30H2,1H3,(H,58,74)(H,72,73)(H,60,63,68)(H,62,67,69)/t32?,33?,42?,55-,56-. The molecule has 5 N–H and O–H groups in total. The van der Waals surface area contributed by atoms with E-state index in [1.807, 2.05) is 71.1 Å². The molecule has 6 heterocycles. The number of anilines is 3. The van der Waals surface area contributed by atoms with Gasteiger partial charge in [0, 0.05) is 67.2 Å². The monoisotopic (exact) mass is 1040 g/mol. The van der Waals surface area contributed by atoms with Crippen molar-refractivity contribution in [2.75, 3.05) is 48.4 Å². The van der Waals surface area contributed by atoms with Crippen LogP contribution in [0.5, 0.6) is 0 Å². The minimum atomic E-state index is -1.15. The molecule has 4 saturated carbocycles. The van der Waals surface area contributed by atoms with Crippen molar-refractivity contribution in [3.63, 3.8) is 0 Å². The van der Waals surface area contributed by atoms with Crippen molar-refractivity contribution >= 4 is 79.6 Å². The Morgan fingerprint density at radius 1 is 0.868 bits per heavy atom. The first-order chi connectivity index (χ1) is 36.7. The van der Waals surface area contributed by atoms with E-state index in [1.165, 1.54) is 11.3 Å². The van der Waals surface area contributed by atoms with Gasteiger partial charge in [-0.25, -0.2) is 14.8 Å². The molecule has 3 atom stereocenters. The average molecular weight is 1050 g/mol. The number of hydrogen-bond acceptors (Lipinski definition) is 14. The number of pyridine rings is 1. The second-order valence-corrected chi connectivity index (χ2v) is 22.5. The largest absolute Gasteiger partial charge is 0.476 e. The van der Waals surface area contributed by atoms with Gasteiger partial charge in [-0.05, 0) is 129 Å². The third-order valence-corrected chi connectivity index (χ3v) is 17.5. The van der Waals surface area contributed by atoms with Crippen LogP contribution in [-0.4, -0.2) is 110 Å². The van der Waals surface area contributed by atoms with Crippen molar-refractivity contribution in [3.8, 4) is 11.1 Å². The quantitative estimate of drug-likeness (QED) is 0.0506. The van der Waals surface area contributed by atoms with Gasteiger partial charge in [0.15, 0.2) is 10.8 Å². The molecule has 0 spiro atoms. The number of hydrogen-bond donors (Lipinski definition) is 5. The number of carbonyl (C=O) groups is 7. The van der Waals surface area contributed by atoms with E-state index in [9.17, 15) is 38.7 Å². The number of ether oxygens (including phenoxy) is 1. The number of nitrogens with one attached hydrogen (secondary N) is 4. The first-order valence-electron chi connectivity index (χ1n) is 26.0. The summed E-state index contributed by atoms with van der Waals surface area (Å²) in [5, 5.41) is 27.6. The van der Waals surface area contributed by atoms with Gasteiger partial charge in [-0.3, -0.25) is 49.0 Å². The van der Waals surface area contributed by atoms with Crippen molar-refractivity contribution in [1.29, 1.82) is 0 Å². The summed E-state index contributed by atoms with van der Waals surface area (Å²) < 4.78 is 8.87. The molecule has 4 aliphatic carbocycles. The van der Waals surface area contributed by atoms with Crippen molar-refractivity contribution in [1.82, 2.24) is 35.3 Å². The van der Waals surface area contributed by atoms with E-state index in [2.05, 4.69) is 26.3 Å². The number of benzene rings is 3. The first kappa shape index (κ1) is 49.1. The number of carboxylic acids is 1. The van der Waals surface area contributed by atoms with Gasteiger partial charge in [0.05, 0.1) is 46.2 Å². The molecule has 4 bridgehead atoms. The Morgan fingerprint density at radius 3 is 2.47 bits per heavy atom. The number of imide groups is 2. The lowest BCUT2D eigenvalue weighted by atomic mass is 9.44. The number of amides is 6. The van der Waals surface area contributed by atoms with Gasteiger partial charge >= 0.3 is 5.97 Å². The molecule has 0 radical (unpaired) electrons. The highest BCUT2D eigenvalue weighted by atomic mass is 32.1. The molecule has 3 aromatic heterocycles. The third kappa shape index (κ3) is 8.85. The zero-order chi connectivity index (χ0) is 52.5. The van der Waals surface area contributed by atoms with Crippen LogP contribution in [-0.2, 0) is 38.6 Å². The van der Waals surface area contributed by atoms with Crippen molar-refractivity contribution in [2.45, 2.75) is 83.8 Å². The average Bonchev–Trinajstić information content (AvgIpc) is 4.18. The number of rotatable bonds is 16. The van der Waals surface area contributed by atoms with E-state index < -0.39 is 41.1 Å². The van der Waals surface area contributed by atoms with E-state index in [4.69, 9.17) is 14.8 Å². The maximum atomic E-state index is 14.2. The highest BCUT2D eigenvalue weighted by Crippen LogP contribution is 2.66. The molecule has 20 heteroatoms. The number of carbonyl (C=O) groups excluding carboxylic acids is 6. The number of piperidine rings is 1. The van der Waals surface area contributed by atoms with Gasteiger partial charge < -0.3 is 25.4 Å². The predicted molar refractivity (Wildman–Crippen MR) is 281 cm³/mol. The number of para-hydroxylation sites is 1. The second-order valence-electron chi connectivity index (χ2n) is 21.4. The number of thiazole rings is 1. The fourth-order valence-corrected chi connectivity index (χ4v) is 14.5. The van der Waals surface area contributed by atoms with Gasteiger partial charge in [-0.2, -0.15) is 5.10 Å². The van der Waals surface area contributed by atoms with Crippen LogP contribution in [0.3, 0.4) is 0 Å². The summed E-state index contributed by atoms with van der Waals surface area (Å²) >= 11 is 1.42. The highest BCUT2D eigenvalue weighted by Gasteiger charge is 2.60. The highest BCUT2D eigenvalue weighted by molar-refractivity contribution is 7.22. The summed E-state index contributed by atoms with van der Waals surface area (Å²) in [7, 11) is 0. The topological polar surface area (TPSA) is 247 Å². The van der Waals surface area contributed by atoms with Gasteiger partial charge in [-0.15, -0.1) is 0 Å². The lowest BCUT2D eigenvalue weighted by molar-refractivity contribution is -0.159. The van der Waals surface area contributed by atoms with Gasteiger partial charge in [0.25, 0.3) is 17.7 Å². The zero-order valence-electron chi connectivity index (χ0n) is 41.9. The molecule has 3 aromatic carbocycles. The maximum Gasteiger partial charge on any atom is 0.355 e. The Morgan fingerprint density at radius 2 is 1.67 bits per heavy atom. The van der Waals surface area contributed by atoms with E-state index in [-0.39, 0.29) is 60.1 Å². The molecule has 76 heavy (non-hydrogen) atoms. The molecular weight excluding hydrogens is 989 g/mol. The molecule has 3 unspecified atom stereocenters. The smallest absolute Gasteiger partial charge is 0.355 e. The minimum absolute atomic E-state index is 0.0386. The molecule has 13 rings (SSSR count). The van der Waals surface area contributed by atoms with Crippen LogP contribution >= 0.6 is 11.3 Å². The normalized spacial score (nSPS) is 23.4. The SMILES string of the molecule is Cc1c(-c2ccc(N3CCc4cccc(C(=O)Nc5nc6ccccc6s5)c4C3)nc2C(=O)O)cnn1C[C@]12CC3CC(C1)C[C@](C(=O)NCCOCCNc1cccc4c1C(=O)N(C1CCC(=O)NC1=O)C4=O)(C3)C2. The van der Waals surface area contributed by atoms with Gasteiger partial charge in [0.1, 0.15) is 11.9 Å². The van der Waals surface area contributed by atoms with Crippen LogP contribution in [0.2, 0.25) is 0 Å². The fourth-order valence-electron chi connectivity index (χ4n) is 13.6. The summed E-state index contributed by atoms with van der Waals surface area (Å²) in [6, 6.07) is 21.0. The Balaban J connectivity index is 0.666. The second kappa shape index (κ2) is 19.4. The molecule has 390 valence electrons. The maximum absolute atomic E-state index is 14.2. The van der Waals surface area contributed by atoms with E-state index in [1.54, 1.807) is 24.4 Å². The summed E-state index contributed by atoms with van der Waals surface area (Å²) in [6.45, 7) is 4.74. The molecule has 6 aromatic rings. The van der Waals surface area contributed by atoms with Gasteiger partial charge in [-0.1, -0.05) is 41.7 Å². The number of carboxylic acid groups (broad SMARTS) is 1. The van der Waals surface area contributed by atoms with Crippen LogP contribution in [0, 0.1) is 29.6 Å². The van der Waals surface area contributed by atoms with Crippen LogP contribution < -0.4 is 26.2 Å². The Bertz CT molecular complexity index is 3380. The Hall–Kier alpha value is -7.84. The first-order valence-corrected chi connectivity index (χ1v) is 26.8. The van der Waals surface area contributed by atoms with Crippen LogP contribution in [0.15, 0.2) is 79.0 Å². The summed E-state index contributed by atoms with van der Waals surface area (Å²) in [6.07, 6.45) is 8.04. The van der Waals surface area contributed by atoms with Gasteiger partial charge in [0.2, 0.25) is 17.7 Å². The van der Waals surface area contributed by atoms with Crippen LogP contribution in [0.1, 0.15) is 110 Å². The minimum Gasteiger partial charge on any atom is -0.476 e. The molecule has 6 amide bonds. The molecule has 3 aliphatic heterocycles. The number of aromatic nitrogens is 4. The lowest BCUT2D eigenvalue weighted by Gasteiger charge is -2.61. The van der Waals surface area contributed by atoms with Crippen molar-refractivity contribution < 1.29 is 43.4 Å². The fraction of sp³-hybridized carbons (Fsp3) is 0.393. The van der Waals surface area contributed by atoms with E-state index >= 15 is 0 Å². The number of fused-ring (bicyclic) bond motifs is 3. The number of aromatic carboxylic acids is 1. The third-order valence-electron chi connectivity index (χ3n) is 16.5. The molecule has 5 fully saturated rings. The Labute approximate surface area is 440 Å². The van der Waals surface area contributed by atoms with Crippen LogP contribution in [0.4, 0.5) is 16.6 Å². The number of nitrogens with zero attached hydrogens (tertiary/aromatic N) is 6. The zero-order valence-corrected chi connectivity index (χ0v) is 42.7. The molecular formula is C56H56N10O9S. The predicted octanol–water partition coefficient (Wildman–Crippen LogP) is 6.61. The molecule has 1 saturated heterocycles. The van der Waals surface area contributed by atoms with Crippen molar-refractivity contribution in [3.05, 3.63) is 118 Å². The van der Waals surface area contributed by atoms with E-state index in [0.717, 1.165) is 70.5 Å².